The summed E-state index contributed by atoms with van der Waals surface area (Å²) in [7, 11) is 3.45. The second-order valence-corrected chi connectivity index (χ2v) is 7.38. The Morgan fingerprint density at radius 3 is 2.46 bits per heavy atom. The fourth-order valence-electron chi connectivity index (χ4n) is 3.91. The molecule has 1 saturated heterocycles. The van der Waals surface area contributed by atoms with Crippen molar-refractivity contribution in [3.63, 3.8) is 0 Å². The first-order valence-corrected chi connectivity index (χ1v) is 9.42. The highest BCUT2D eigenvalue weighted by Crippen LogP contribution is 2.30. The van der Waals surface area contributed by atoms with E-state index in [9.17, 15) is 0 Å². The molecule has 2 fully saturated rings. The lowest BCUT2D eigenvalue weighted by atomic mass is 9.84. The number of ether oxygens (including phenoxy) is 2. The maximum Gasteiger partial charge on any atom is 0.127 e. The average Bonchev–Trinajstić information content (AvgIpc) is 2.59. The highest BCUT2D eigenvalue weighted by molar-refractivity contribution is 5.40. The monoisotopic (exact) mass is 332 g/mol. The summed E-state index contributed by atoms with van der Waals surface area (Å²) in [6.45, 7) is 5.75. The fraction of sp³-hybridized carbons (Fsp3) is 0.700. The number of piperidine rings is 1. The average molecular weight is 332 g/mol. The number of nitrogens with zero attached hydrogens (tertiary/aromatic N) is 1. The van der Waals surface area contributed by atoms with Crippen LogP contribution >= 0.6 is 0 Å². The molecule has 1 saturated carbocycles. The van der Waals surface area contributed by atoms with E-state index < -0.39 is 0 Å². The summed E-state index contributed by atoms with van der Waals surface area (Å²) in [6, 6.07) is 6.20. The molecule has 1 aliphatic carbocycles. The van der Waals surface area contributed by atoms with Crippen LogP contribution in [-0.4, -0.2) is 45.3 Å². The predicted octanol–water partition coefficient (Wildman–Crippen LogP) is 3.31. The molecule has 24 heavy (non-hydrogen) atoms. The normalized spacial score (nSPS) is 21.5. The van der Waals surface area contributed by atoms with Gasteiger partial charge in [-0.2, -0.15) is 0 Å². The molecule has 1 heterocycles. The van der Waals surface area contributed by atoms with Crippen LogP contribution in [0.3, 0.4) is 0 Å². The smallest absolute Gasteiger partial charge is 0.127 e. The van der Waals surface area contributed by atoms with Crippen molar-refractivity contribution < 1.29 is 9.47 Å². The summed E-state index contributed by atoms with van der Waals surface area (Å²) < 4.78 is 10.9. The molecule has 0 spiro atoms. The molecule has 4 heteroatoms. The van der Waals surface area contributed by atoms with E-state index in [2.05, 4.69) is 16.3 Å². The predicted molar refractivity (Wildman–Crippen MR) is 97.8 cm³/mol. The summed E-state index contributed by atoms with van der Waals surface area (Å²) in [4.78, 5) is 2.66. The lowest BCUT2D eigenvalue weighted by molar-refractivity contribution is 0.141. The fourth-order valence-corrected chi connectivity index (χ4v) is 3.91. The van der Waals surface area contributed by atoms with Crippen LogP contribution in [0, 0.1) is 11.8 Å². The third kappa shape index (κ3) is 4.64. The SMILES string of the molecule is COc1ccc(CN(CC2CCC2)CC2CCCNC2)c(OC)c1. The zero-order valence-corrected chi connectivity index (χ0v) is 15.2. The van der Waals surface area contributed by atoms with E-state index >= 15 is 0 Å². The number of hydrogen-bond acceptors (Lipinski definition) is 4. The second-order valence-electron chi connectivity index (χ2n) is 7.38. The van der Waals surface area contributed by atoms with E-state index in [0.29, 0.717) is 0 Å². The van der Waals surface area contributed by atoms with Crippen LogP contribution in [-0.2, 0) is 6.54 Å². The van der Waals surface area contributed by atoms with Crippen molar-refractivity contribution in [1.29, 1.82) is 0 Å². The van der Waals surface area contributed by atoms with Gasteiger partial charge < -0.3 is 14.8 Å². The van der Waals surface area contributed by atoms with Gasteiger partial charge in [-0.1, -0.05) is 12.5 Å². The number of benzene rings is 1. The quantitative estimate of drug-likeness (QED) is 0.792. The molecule has 1 N–H and O–H groups in total. The lowest BCUT2D eigenvalue weighted by Gasteiger charge is -2.35. The van der Waals surface area contributed by atoms with Crippen molar-refractivity contribution in [2.45, 2.75) is 38.6 Å². The van der Waals surface area contributed by atoms with Crippen molar-refractivity contribution in [3.8, 4) is 11.5 Å². The van der Waals surface area contributed by atoms with E-state index in [1.165, 1.54) is 63.8 Å². The van der Waals surface area contributed by atoms with Gasteiger partial charge in [0.1, 0.15) is 11.5 Å². The molecule has 134 valence electrons. The highest BCUT2D eigenvalue weighted by atomic mass is 16.5. The number of rotatable bonds is 8. The largest absolute Gasteiger partial charge is 0.497 e. The minimum absolute atomic E-state index is 0.781. The van der Waals surface area contributed by atoms with Gasteiger partial charge in [0.05, 0.1) is 14.2 Å². The first kappa shape index (κ1) is 17.6. The number of nitrogens with one attached hydrogen (secondary N) is 1. The van der Waals surface area contributed by atoms with Gasteiger partial charge in [0.15, 0.2) is 0 Å². The van der Waals surface area contributed by atoms with E-state index in [0.717, 1.165) is 29.9 Å². The third-order valence-corrected chi connectivity index (χ3v) is 5.54. The summed E-state index contributed by atoms with van der Waals surface area (Å²) in [5.74, 6) is 3.47. The van der Waals surface area contributed by atoms with Crippen LogP contribution in [0.25, 0.3) is 0 Å². The summed E-state index contributed by atoms with van der Waals surface area (Å²) >= 11 is 0. The van der Waals surface area contributed by atoms with Crippen molar-refractivity contribution in [3.05, 3.63) is 23.8 Å². The van der Waals surface area contributed by atoms with Gasteiger partial charge in [-0.25, -0.2) is 0 Å². The standard InChI is InChI=1S/C20H32N2O2/c1-23-19-9-8-18(20(11-19)24-2)15-22(13-16-5-3-6-16)14-17-7-4-10-21-12-17/h8-9,11,16-17,21H,3-7,10,12-15H2,1-2H3. The van der Waals surface area contributed by atoms with Gasteiger partial charge in [0, 0.05) is 31.3 Å². The van der Waals surface area contributed by atoms with Crippen LogP contribution in [0.2, 0.25) is 0 Å². The Bertz CT molecular complexity index is 510. The van der Waals surface area contributed by atoms with Crippen LogP contribution in [0.1, 0.15) is 37.7 Å². The molecule has 3 rings (SSSR count). The minimum atomic E-state index is 0.781. The van der Waals surface area contributed by atoms with E-state index in [1.54, 1.807) is 14.2 Å². The van der Waals surface area contributed by atoms with Crippen molar-refractivity contribution >= 4 is 0 Å². The Morgan fingerprint density at radius 2 is 1.83 bits per heavy atom. The third-order valence-electron chi connectivity index (χ3n) is 5.54. The molecule has 1 aromatic carbocycles. The summed E-state index contributed by atoms with van der Waals surface area (Å²) in [5, 5.41) is 3.56. The van der Waals surface area contributed by atoms with Crippen molar-refractivity contribution in [1.82, 2.24) is 10.2 Å². The molecule has 0 aromatic heterocycles. The Morgan fingerprint density at radius 1 is 1.04 bits per heavy atom. The zero-order valence-electron chi connectivity index (χ0n) is 15.2. The molecule has 1 aromatic rings. The molecule has 1 unspecified atom stereocenters. The van der Waals surface area contributed by atoms with E-state index in [4.69, 9.17) is 9.47 Å². The second kappa shape index (κ2) is 8.72. The highest BCUT2D eigenvalue weighted by Gasteiger charge is 2.24. The molecule has 0 amide bonds. The minimum Gasteiger partial charge on any atom is -0.497 e. The molecular formula is C20H32N2O2. The van der Waals surface area contributed by atoms with E-state index in [1.807, 2.05) is 12.1 Å². The van der Waals surface area contributed by atoms with E-state index in [-0.39, 0.29) is 0 Å². The van der Waals surface area contributed by atoms with Crippen molar-refractivity contribution in [2.75, 3.05) is 40.4 Å². The molecule has 0 radical (unpaired) electrons. The van der Waals surface area contributed by atoms with Crippen molar-refractivity contribution in [2.24, 2.45) is 11.8 Å². The molecule has 2 aliphatic rings. The van der Waals surface area contributed by atoms with Crippen LogP contribution < -0.4 is 14.8 Å². The Labute approximate surface area is 146 Å². The van der Waals surface area contributed by atoms with Crippen LogP contribution in [0.5, 0.6) is 11.5 Å². The number of hydrogen-bond donors (Lipinski definition) is 1. The van der Waals surface area contributed by atoms with Crippen LogP contribution in [0.4, 0.5) is 0 Å². The molecule has 1 aliphatic heterocycles. The van der Waals surface area contributed by atoms with Gasteiger partial charge in [-0.05, 0) is 56.7 Å². The van der Waals surface area contributed by atoms with Crippen LogP contribution in [0.15, 0.2) is 18.2 Å². The van der Waals surface area contributed by atoms with Gasteiger partial charge in [0.2, 0.25) is 0 Å². The lowest BCUT2D eigenvalue weighted by Crippen LogP contribution is -2.40. The Hall–Kier alpha value is -1.26. The number of methoxy groups -OCH3 is 2. The van der Waals surface area contributed by atoms with Gasteiger partial charge >= 0.3 is 0 Å². The maximum atomic E-state index is 5.60. The summed E-state index contributed by atoms with van der Waals surface area (Å²) in [5.41, 5.74) is 1.27. The molecule has 0 bridgehead atoms. The molecular weight excluding hydrogens is 300 g/mol. The van der Waals surface area contributed by atoms with Gasteiger partial charge in [0.25, 0.3) is 0 Å². The summed E-state index contributed by atoms with van der Waals surface area (Å²) in [6.07, 6.45) is 6.88. The zero-order chi connectivity index (χ0) is 16.8. The Balaban J connectivity index is 1.67. The van der Waals surface area contributed by atoms with Gasteiger partial charge in [-0.3, -0.25) is 4.90 Å². The maximum absolute atomic E-state index is 5.60. The first-order chi connectivity index (χ1) is 11.8. The van der Waals surface area contributed by atoms with Gasteiger partial charge in [-0.15, -0.1) is 0 Å². The molecule has 4 nitrogen and oxygen atoms in total. The first-order valence-electron chi connectivity index (χ1n) is 9.42. The Kier molecular flexibility index (Phi) is 6.38. The molecule has 1 atom stereocenters. The topological polar surface area (TPSA) is 33.7 Å².